The first-order chi connectivity index (χ1) is 12.0. The van der Waals surface area contributed by atoms with Crippen LogP contribution in [0.25, 0.3) is 0 Å². The van der Waals surface area contributed by atoms with Crippen molar-refractivity contribution in [3.8, 4) is 0 Å². The Bertz CT molecular complexity index is 797. The van der Waals surface area contributed by atoms with Gasteiger partial charge in [-0.05, 0) is 38.0 Å². The lowest BCUT2D eigenvalue weighted by molar-refractivity contribution is -0.384. The molecule has 8 heteroatoms. The van der Waals surface area contributed by atoms with Gasteiger partial charge in [0.2, 0.25) is 0 Å². The summed E-state index contributed by atoms with van der Waals surface area (Å²) in [5.74, 6) is -0.248. The lowest BCUT2D eigenvalue weighted by Gasteiger charge is -2.33. The number of hydrogen-bond acceptors (Lipinski definition) is 5. The first-order valence-electron chi connectivity index (χ1n) is 7.99. The lowest BCUT2D eigenvalue weighted by atomic mass is 10.0. The molecule has 1 fully saturated rings. The van der Waals surface area contributed by atoms with Crippen molar-refractivity contribution in [3.63, 3.8) is 0 Å². The summed E-state index contributed by atoms with van der Waals surface area (Å²) < 4.78 is 18.4. The molecule has 1 amide bonds. The number of nitrogens with one attached hydrogen (secondary N) is 1. The van der Waals surface area contributed by atoms with Gasteiger partial charge in [0.1, 0.15) is 17.3 Å². The number of carbonyl (C=O) groups excluding carboxylic acids is 1. The number of benzene rings is 1. The smallest absolute Gasteiger partial charge is 0.295 e. The van der Waals surface area contributed by atoms with Gasteiger partial charge in [-0.25, -0.2) is 4.39 Å². The molecule has 0 unspecified atom stereocenters. The van der Waals surface area contributed by atoms with E-state index in [2.05, 4.69) is 5.32 Å². The molecule has 1 aliphatic rings. The normalized spacial score (nSPS) is 15.2. The average Bonchev–Trinajstić information content (AvgIpc) is 3.02. The Morgan fingerprint density at radius 2 is 2.08 bits per heavy atom. The summed E-state index contributed by atoms with van der Waals surface area (Å²) in [5.41, 5.74) is 0.676. The molecule has 1 aromatic carbocycles. The van der Waals surface area contributed by atoms with Crippen molar-refractivity contribution in [1.29, 1.82) is 0 Å². The number of halogens is 1. The van der Waals surface area contributed by atoms with Gasteiger partial charge in [-0.2, -0.15) is 0 Å². The Morgan fingerprint density at radius 3 is 2.68 bits per heavy atom. The van der Waals surface area contributed by atoms with Crippen molar-refractivity contribution in [2.24, 2.45) is 0 Å². The maximum absolute atomic E-state index is 13.3. The predicted octanol–water partition coefficient (Wildman–Crippen LogP) is 3.03. The van der Waals surface area contributed by atoms with Crippen LogP contribution in [-0.4, -0.2) is 30.0 Å². The van der Waals surface area contributed by atoms with Crippen molar-refractivity contribution in [1.82, 2.24) is 5.32 Å². The van der Waals surface area contributed by atoms with E-state index >= 15 is 0 Å². The first kappa shape index (κ1) is 16.9. The number of carbonyl (C=O) groups is 1. The highest BCUT2D eigenvalue weighted by molar-refractivity contribution is 5.95. The molecule has 25 heavy (non-hydrogen) atoms. The minimum atomic E-state index is -0.631. The summed E-state index contributed by atoms with van der Waals surface area (Å²) in [6.07, 6.45) is 2.77. The summed E-state index contributed by atoms with van der Waals surface area (Å²) >= 11 is 0. The number of aryl methyl sites for hydroxylation is 1. The lowest BCUT2D eigenvalue weighted by Crippen LogP contribution is -2.44. The van der Waals surface area contributed by atoms with Gasteiger partial charge >= 0.3 is 0 Å². The third-order valence-electron chi connectivity index (χ3n) is 4.41. The van der Waals surface area contributed by atoms with E-state index in [0.29, 0.717) is 42.9 Å². The molecule has 0 aliphatic carbocycles. The van der Waals surface area contributed by atoms with Crippen LogP contribution in [0.3, 0.4) is 0 Å². The number of nitrogens with zero attached hydrogens (tertiary/aromatic N) is 2. The van der Waals surface area contributed by atoms with Gasteiger partial charge < -0.3 is 14.6 Å². The summed E-state index contributed by atoms with van der Waals surface area (Å²) in [7, 11) is 0. The maximum atomic E-state index is 13.3. The number of rotatable bonds is 4. The highest BCUT2D eigenvalue weighted by atomic mass is 19.1. The van der Waals surface area contributed by atoms with Crippen LogP contribution in [0.4, 0.5) is 15.8 Å². The van der Waals surface area contributed by atoms with Gasteiger partial charge in [0, 0.05) is 19.1 Å². The standard InChI is InChI=1S/C17H18FN3O4/c1-11-14(6-9-25-11)17(22)19-13-4-7-20(8-5-13)15-3-2-12(18)10-16(15)21(23)24/h2-3,6,9-10,13H,4-5,7-8H2,1H3,(H,19,22). The topological polar surface area (TPSA) is 88.6 Å². The van der Waals surface area contributed by atoms with Gasteiger partial charge in [-0.1, -0.05) is 0 Å². The van der Waals surface area contributed by atoms with Crippen LogP contribution in [0, 0.1) is 22.9 Å². The van der Waals surface area contributed by atoms with Crippen molar-refractivity contribution in [2.45, 2.75) is 25.8 Å². The molecule has 0 spiro atoms. The van der Waals surface area contributed by atoms with Crippen LogP contribution >= 0.6 is 0 Å². The Morgan fingerprint density at radius 1 is 1.36 bits per heavy atom. The zero-order chi connectivity index (χ0) is 18.0. The van der Waals surface area contributed by atoms with Crippen molar-refractivity contribution >= 4 is 17.3 Å². The molecule has 3 rings (SSSR count). The van der Waals surface area contributed by atoms with Crippen LogP contribution in [0.2, 0.25) is 0 Å². The first-order valence-corrected chi connectivity index (χ1v) is 7.99. The minimum absolute atomic E-state index is 0.0162. The van der Waals surface area contributed by atoms with Gasteiger partial charge in [0.15, 0.2) is 0 Å². The fraction of sp³-hybridized carbons (Fsp3) is 0.353. The van der Waals surface area contributed by atoms with Crippen LogP contribution in [-0.2, 0) is 0 Å². The minimum Gasteiger partial charge on any atom is -0.469 e. The molecule has 1 saturated heterocycles. The molecule has 0 atom stereocenters. The van der Waals surface area contributed by atoms with Gasteiger partial charge in [-0.15, -0.1) is 0 Å². The number of hydrogen-bond donors (Lipinski definition) is 1. The predicted molar refractivity (Wildman–Crippen MR) is 89.2 cm³/mol. The highest BCUT2D eigenvalue weighted by Crippen LogP contribution is 2.31. The molecule has 7 nitrogen and oxygen atoms in total. The number of anilines is 1. The number of piperidine rings is 1. The molecule has 0 saturated carbocycles. The summed E-state index contributed by atoms with van der Waals surface area (Å²) in [5, 5.41) is 14.1. The number of furan rings is 1. The quantitative estimate of drug-likeness (QED) is 0.678. The summed E-state index contributed by atoms with van der Waals surface area (Å²) in [6, 6.07) is 5.20. The second-order valence-electron chi connectivity index (χ2n) is 6.02. The van der Waals surface area contributed by atoms with Crippen LogP contribution in [0.5, 0.6) is 0 Å². The molecular weight excluding hydrogens is 329 g/mol. The zero-order valence-electron chi connectivity index (χ0n) is 13.7. The van der Waals surface area contributed by atoms with E-state index < -0.39 is 10.7 Å². The molecule has 0 bridgehead atoms. The SMILES string of the molecule is Cc1occc1C(=O)NC1CCN(c2ccc(F)cc2[N+](=O)[O-])CC1. The summed E-state index contributed by atoms with van der Waals surface area (Å²) in [6.45, 7) is 2.81. The van der Waals surface area contributed by atoms with Gasteiger partial charge in [-0.3, -0.25) is 14.9 Å². The van der Waals surface area contributed by atoms with E-state index in [0.717, 1.165) is 6.07 Å². The number of nitro groups is 1. The van der Waals surface area contributed by atoms with E-state index in [9.17, 15) is 19.3 Å². The molecule has 1 N–H and O–H groups in total. The van der Waals surface area contributed by atoms with Crippen LogP contribution < -0.4 is 10.2 Å². The molecular formula is C17H18FN3O4. The number of nitro benzene ring substituents is 1. The molecule has 2 aromatic rings. The maximum Gasteiger partial charge on any atom is 0.295 e. The van der Waals surface area contributed by atoms with Crippen molar-refractivity contribution < 1.29 is 18.5 Å². The Hall–Kier alpha value is -2.90. The molecule has 1 aliphatic heterocycles. The fourth-order valence-corrected chi connectivity index (χ4v) is 3.06. The highest BCUT2D eigenvalue weighted by Gasteiger charge is 2.26. The van der Waals surface area contributed by atoms with E-state index in [4.69, 9.17) is 4.42 Å². The fourth-order valence-electron chi connectivity index (χ4n) is 3.06. The summed E-state index contributed by atoms with van der Waals surface area (Å²) in [4.78, 5) is 24.6. The van der Waals surface area contributed by atoms with Crippen molar-refractivity contribution in [3.05, 3.63) is 57.8 Å². The second-order valence-corrected chi connectivity index (χ2v) is 6.02. The monoisotopic (exact) mass is 347 g/mol. The largest absolute Gasteiger partial charge is 0.469 e. The number of amides is 1. The van der Waals surface area contributed by atoms with Crippen molar-refractivity contribution in [2.75, 3.05) is 18.0 Å². The Labute approximate surface area is 143 Å². The van der Waals surface area contributed by atoms with E-state index in [1.165, 1.54) is 18.4 Å². The Balaban J connectivity index is 1.64. The molecule has 1 aromatic heterocycles. The second kappa shape index (κ2) is 6.92. The Kier molecular flexibility index (Phi) is 4.69. The average molecular weight is 347 g/mol. The van der Waals surface area contributed by atoms with Crippen LogP contribution in [0.15, 0.2) is 34.9 Å². The van der Waals surface area contributed by atoms with Gasteiger partial charge in [0.05, 0.1) is 22.8 Å². The van der Waals surface area contributed by atoms with E-state index in [-0.39, 0.29) is 17.6 Å². The zero-order valence-corrected chi connectivity index (χ0v) is 13.7. The third-order valence-corrected chi connectivity index (χ3v) is 4.41. The van der Waals surface area contributed by atoms with E-state index in [1.807, 2.05) is 4.90 Å². The van der Waals surface area contributed by atoms with E-state index in [1.54, 1.807) is 13.0 Å². The third kappa shape index (κ3) is 3.62. The van der Waals surface area contributed by atoms with Gasteiger partial charge in [0.25, 0.3) is 11.6 Å². The molecule has 0 radical (unpaired) electrons. The molecule has 2 heterocycles. The van der Waals surface area contributed by atoms with Crippen LogP contribution in [0.1, 0.15) is 29.0 Å². The molecule has 132 valence electrons.